The molecule has 1 aromatic carbocycles. The van der Waals surface area contributed by atoms with Gasteiger partial charge < -0.3 is 10.4 Å². The van der Waals surface area contributed by atoms with Crippen LogP contribution in [0.4, 0.5) is 11.4 Å². The molecule has 1 aromatic heterocycles. The third-order valence-electron chi connectivity index (χ3n) is 2.75. The molecule has 0 radical (unpaired) electrons. The summed E-state index contributed by atoms with van der Waals surface area (Å²) in [7, 11) is 1.86. The molecule has 0 fully saturated rings. The van der Waals surface area contributed by atoms with Crippen molar-refractivity contribution in [2.45, 2.75) is 13.8 Å². The molecule has 2 rings (SSSR count). The number of carboxylic acid groups (broad SMARTS) is 1. The fourth-order valence-corrected chi connectivity index (χ4v) is 1.86. The minimum absolute atomic E-state index is 0.323. The van der Waals surface area contributed by atoms with E-state index in [-0.39, 0.29) is 0 Å². The van der Waals surface area contributed by atoms with E-state index in [1.807, 2.05) is 26.2 Å². The van der Waals surface area contributed by atoms with Gasteiger partial charge in [0.15, 0.2) is 0 Å². The molecule has 18 heavy (non-hydrogen) atoms. The van der Waals surface area contributed by atoms with E-state index in [0.717, 1.165) is 22.6 Å². The van der Waals surface area contributed by atoms with E-state index in [0.29, 0.717) is 5.56 Å². The van der Waals surface area contributed by atoms with E-state index < -0.39 is 5.97 Å². The summed E-state index contributed by atoms with van der Waals surface area (Å²) in [4.78, 5) is 10.9. The number of rotatable bonds is 3. The molecule has 0 bridgehead atoms. The highest BCUT2D eigenvalue weighted by atomic mass is 16.4. The van der Waals surface area contributed by atoms with Crippen LogP contribution in [-0.4, -0.2) is 20.9 Å². The topological polar surface area (TPSA) is 67.2 Å². The van der Waals surface area contributed by atoms with Crippen molar-refractivity contribution in [2.24, 2.45) is 7.05 Å². The molecule has 0 spiro atoms. The molecule has 0 saturated carbocycles. The molecular formula is C13H15N3O2. The highest BCUT2D eigenvalue weighted by Crippen LogP contribution is 2.21. The smallest absolute Gasteiger partial charge is 0.335 e. The first-order chi connectivity index (χ1) is 8.47. The highest BCUT2D eigenvalue weighted by molar-refractivity contribution is 5.90. The van der Waals surface area contributed by atoms with Crippen molar-refractivity contribution in [1.82, 2.24) is 9.78 Å². The van der Waals surface area contributed by atoms with Gasteiger partial charge in [-0.3, -0.25) is 4.68 Å². The van der Waals surface area contributed by atoms with Gasteiger partial charge in [-0.1, -0.05) is 0 Å². The summed E-state index contributed by atoms with van der Waals surface area (Å²) in [5.74, 6) is -0.906. The molecule has 1 heterocycles. The Kier molecular flexibility index (Phi) is 3.06. The number of aromatic nitrogens is 2. The number of hydrogen-bond donors (Lipinski definition) is 2. The van der Waals surface area contributed by atoms with Crippen LogP contribution in [0, 0.1) is 13.8 Å². The largest absolute Gasteiger partial charge is 0.478 e. The number of nitrogens with one attached hydrogen (secondary N) is 1. The SMILES string of the molecule is Cc1cc(Nc2cn(C)nc2C)ccc1C(=O)O. The summed E-state index contributed by atoms with van der Waals surface area (Å²) in [5, 5.41) is 16.4. The van der Waals surface area contributed by atoms with Gasteiger partial charge in [0.2, 0.25) is 0 Å². The monoisotopic (exact) mass is 245 g/mol. The maximum absolute atomic E-state index is 10.9. The van der Waals surface area contributed by atoms with Crippen LogP contribution in [-0.2, 0) is 7.05 Å². The van der Waals surface area contributed by atoms with E-state index in [1.165, 1.54) is 0 Å². The zero-order valence-electron chi connectivity index (χ0n) is 10.6. The zero-order chi connectivity index (χ0) is 13.3. The fourth-order valence-electron chi connectivity index (χ4n) is 1.86. The second-order valence-electron chi connectivity index (χ2n) is 4.26. The van der Waals surface area contributed by atoms with Gasteiger partial charge in [-0.25, -0.2) is 4.79 Å². The van der Waals surface area contributed by atoms with Crippen molar-refractivity contribution < 1.29 is 9.90 Å². The van der Waals surface area contributed by atoms with Gasteiger partial charge >= 0.3 is 5.97 Å². The van der Waals surface area contributed by atoms with Gasteiger partial charge in [0.1, 0.15) is 0 Å². The lowest BCUT2D eigenvalue weighted by Gasteiger charge is -2.07. The van der Waals surface area contributed by atoms with Crippen molar-refractivity contribution in [2.75, 3.05) is 5.32 Å². The minimum Gasteiger partial charge on any atom is -0.478 e. The number of hydrogen-bond acceptors (Lipinski definition) is 3. The van der Waals surface area contributed by atoms with Crippen molar-refractivity contribution in [3.63, 3.8) is 0 Å². The number of carbonyl (C=O) groups is 1. The lowest BCUT2D eigenvalue weighted by atomic mass is 10.1. The molecule has 5 heteroatoms. The number of aryl methyl sites for hydroxylation is 3. The molecular weight excluding hydrogens is 230 g/mol. The molecule has 0 amide bonds. The van der Waals surface area contributed by atoms with Gasteiger partial charge in [0, 0.05) is 18.9 Å². The lowest BCUT2D eigenvalue weighted by Crippen LogP contribution is -2.00. The number of benzene rings is 1. The van der Waals surface area contributed by atoms with Crippen molar-refractivity contribution in [3.05, 3.63) is 41.2 Å². The molecule has 0 aliphatic heterocycles. The average Bonchev–Trinajstić information content (AvgIpc) is 2.57. The molecule has 0 atom stereocenters. The predicted octanol–water partition coefficient (Wildman–Crippen LogP) is 2.48. The summed E-state index contributed by atoms with van der Waals surface area (Å²) >= 11 is 0. The number of aromatic carboxylic acids is 1. The van der Waals surface area contributed by atoms with Crippen LogP contribution >= 0.6 is 0 Å². The zero-order valence-corrected chi connectivity index (χ0v) is 10.6. The first kappa shape index (κ1) is 12.2. The molecule has 0 saturated heterocycles. The maximum Gasteiger partial charge on any atom is 0.335 e. The van der Waals surface area contributed by atoms with Gasteiger partial charge in [-0.05, 0) is 37.6 Å². The highest BCUT2D eigenvalue weighted by Gasteiger charge is 2.08. The van der Waals surface area contributed by atoms with Crippen molar-refractivity contribution in [1.29, 1.82) is 0 Å². The Labute approximate surface area is 105 Å². The molecule has 94 valence electrons. The second kappa shape index (κ2) is 4.52. The van der Waals surface area contributed by atoms with Gasteiger partial charge in [0.25, 0.3) is 0 Å². The number of carboxylic acids is 1. The van der Waals surface area contributed by atoms with Crippen LogP contribution in [0.1, 0.15) is 21.6 Å². The number of nitrogens with zero attached hydrogens (tertiary/aromatic N) is 2. The van der Waals surface area contributed by atoms with Crippen LogP contribution in [0.5, 0.6) is 0 Å². The Morgan fingerprint density at radius 1 is 1.39 bits per heavy atom. The lowest BCUT2D eigenvalue weighted by molar-refractivity contribution is 0.0696. The summed E-state index contributed by atoms with van der Waals surface area (Å²) in [6, 6.07) is 5.17. The molecule has 5 nitrogen and oxygen atoms in total. The van der Waals surface area contributed by atoms with Crippen molar-refractivity contribution in [3.8, 4) is 0 Å². The summed E-state index contributed by atoms with van der Waals surface area (Å²) in [6.45, 7) is 3.70. The quantitative estimate of drug-likeness (QED) is 0.871. The van der Waals surface area contributed by atoms with Crippen LogP contribution in [0.25, 0.3) is 0 Å². The Hall–Kier alpha value is -2.30. The van der Waals surface area contributed by atoms with Gasteiger partial charge in [-0.2, -0.15) is 5.10 Å². The number of anilines is 2. The third-order valence-corrected chi connectivity index (χ3v) is 2.75. The Balaban J connectivity index is 2.28. The van der Waals surface area contributed by atoms with Crippen LogP contribution in [0.2, 0.25) is 0 Å². The van der Waals surface area contributed by atoms with Crippen LogP contribution in [0.15, 0.2) is 24.4 Å². The van der Waals surface area contributed by atoms with Gasteiger partial charge in [-0.15, -0.1) is 0 Å². The molecule has 0 aliphatic rings. The van der Waals surface area contributed by atoms with E-state index in [1.54, 1.807) is 23.7 Å². The molecule has 2 aromatic rings. The first-order valence-electron chi connectivity index (χ1n) is 5.58. The average molecular weight is 245 g/mol. The summed E-state index contributed by atoms with van der Waals surface area (Å²) in [6.07, 6.45) is 1.88. The summed E-state index contributed by atoms with van der Waals surface area (Å²) in [5.41, 5.74) is 3.73. The van der Waals surface area contributed by atoms with E-state index in [2.05, 4.69) is 10.4 Å². The molecule has 2 N–H and O–H groups in total. The Morgan fingerprint density at radius 3 is 2.61 bits per heavy atom. The standard InChI is InChI=1S/C13H15N3O2/c1-8-6-10(4-5-11(8)13(17)18)14-12-7-16(3)15-9(12)2/h4-7,14H,1-3H3,(H,17,18). The maximum atomic E-state index is 10.9. The van der Waals surface area contributed by atoms with Crippen LogP contribution in [0.3, 0.4) is 0 Å². The second-order valence-corrected chi connectivity index (χ2v) is 4.26. The predicted molar refractivity (Wildman–Crippen MR) is 69.4 cm³/mol. The summed E-state index contributed by atoms with van der Waals surface area (Å²) < 4.78 is 1.73. The minimum atomic E-state index is -0.906. The van der Waals surface area contributed by atoms with Crippen LogP contribution < -0.4 is 5.32 Å². The van der Waals surface area contributed by atoms with Crippen molar-refractivity contribution >= 4 is 17.3 Å². The Bertz CT molecular complexity index is 602. The molecule has 0 aliphatic carbocycles. The van der Waals surface area contributed by atoms with E-state index >= 15 is 0 Å². The first-order valence-corrected chi connectivity index (χ1v) is 5.58. The third kappa shape index (κ3) is 2.34. The normalized spacial score (nSPS) is 10.4. The van der Waals surface area contributed by atoms with E-state index in [4.69, 9.17) is 5.11 Å². The molecule has 0 unspecified atom stereocenters. The van der Waals surface area contributed by atoms with E-state index in [9.17, 15) is 4.79 Å². The van der Waals surface area contributed by atoms with Gasteiger partial charge in [0.05, 0.1) is 16.9 Å². The Morgan fingerprint density at radius 2 is 2.11 bits per heavy atom. The fraction of sp³-hybridized carbons (Fsp3) is 0.231.